The summed E-state index contributed by atoms with van der Waals surface area (Å²) >= 11 is 3.26. The smallest absolute Gasteiger partial charge is 0.253 e. The molecule has 4 N–H and O–H groups in total. The molecule has 1 amide bonds. The molecule has 0 radical (unpaired) electrons. The van der Waals surface area contributed by atoms with Crippen molar-refractivity contribution in [1.82, 2.24) is 0 Å². The van der Waals surface area contributed by atoms with Gasteiger partial charge in [0.05, 0.1) is 16.1 Å². The number of primary amides is 1. The van der Waals surface area contributed by atoms with Crippen LogP contribution in [0.2, 0.25) is 0 Å². The molecule has 0 atom stereocenters. The average Bonchev–Trinajstić information content (AvgIpc) is 3.25. The summed E-state index contributed by atoms with van der Waals surface area (Å²) in [5.74, 6) is 1.78. The van der Waals surface area contributed by atoms with Gasteiger partial charge in [-0.1, -0.05) is 0 Å². The highest BCUT2D eigenvalue weighted by molar-refractivity contribution is 7.99. The molecule has 0 bridgehead atoms. The van der Waals surface area contributed by atoms with Crippen LogP contribution in [-0.2, 0) is 0 Å². The van der Waals surface area contributed by atoms with E-state index in [1.807, 2.05) is 11.8 Å². The quantitative estimate of drug-likeness (QED) is 0.826. The molecule has 7 heteroatoms. The topological polar surface area (TPSA) is 89.4 Å². The van der Waals surface area contributed by atoms with Crippen molar-refractivity contribution in [3.05, 3.63) is 10.4 Å². The summed E-state index contributed by atoms with van der Waals surface area (Å²) in [6.07, 6.45) is 2.92. The Labute approximate surface area is 132 Å². The molecule has 2 aliphatic rings. The van der Waals surface area contributed by atoms with Crippen LogP contribution >= 0.6 is 23.1 Å². The highest BCUT2D eigenvalue weighted by Gasteiger charge is 2.35. The number of carbonyl (C=O) groups excluding carboxylic acids is 2. The van der Waals surface area contributed by atoms with Gasteiger partial charge in [0, 0.05) is 24.8 Å². The van der Waals surface area contributed by atoms with Crippen LogP contribution in [0, 0.1) is 5.92 Å². The molecule has 0 spiro atoms. The van der Waals surface area contributed by atoms with Crippen LogP contribution in [-0.4, -0.2) is 36.3 Å². The maximum atomic E-state index is 12.3. The van der Waals surface area contributed by atoms with E-state index < -0.39 is 5.91 Å². The van der Waals surface area contributed by atoms with Gasteiger partial charge < -0.3 is 16.4 Å². The SMILES string of the molecule is NC(=O)c1c(N2CCCSCC2)sc(C(=O)C2CC2)c1N. The fourth-order valence-electron chi connectivity index (χ4n) is 2.56. The van der Waals surface area contributed by atoms with Crippen LogP contribution in [0.25, 0.3) is 0 Å². The highest BCUT2D eigenvalue weighted by atomic mass is 32.2. The van der Waals surface area contributed by atoms with Gasteiger partial charge in [-0.3, -0.25) is 9.59 Å². The average molecular weight is 325 g/mol. The number of hydrogen-bond donors (Lipinski definition) is 2. The third kappa shape index (κ3) is 2.89. The summed E-state index contributed by atoms with van der Waals surface area (Å²) in [7, 11) is 0. The van der Waals surface area contributed by atoms with E-state index in [2.05, 4.69) is 4.90 Å². The van der Waals surface area contributed by atoms with Crippen molar-refractivity contribution in [2.24, 2.45) is 11.7 Å². The summed E-state index contributed by atoms with van der Waals surface area (Å²) in [6.45, 7) is 1.74. The van der Waals surface area contributed by atoms with E-state index in [-0.39, 0.29) is 17.4 Å². The van der Waals surface area contributed by atoms with Gasteiger partial charge in [0.25, 0.3) is 5.91 Å². The lowest BCUT2D eigenvalue weighted by Gasteiger charge is -2.21. The van der Waals surface area contributed by atoms with Crippen LogP contribution in [0.4, 0.5) is 10.7 Å². The van der Waals surface area contributed by atoms with Crippen LogP contribution in [0.1, 0.15) is 39.3 Å². The Balaban J connectivity index is 1.99. The molecule has 0 aromatic carbocycles. The van der Waals surface area contributed by atoms with Crippen molar-refractivity contribution in [1.29, 1.82) is 0 Å². The lowest BCUT2D eigenvalue weighted by atomic mass is 10.1. The normalized spacial score (nSPS) is 19.3. The van der Waals surface area contributed by atoms with E-state index in [0.29, 0.717) is 10.4 Å². The minimum atomic E-state index is -0.537. The Hall–Kier alpha value is -1.21. The largest absolute Gasteiger partial charge is 0.397 e. The number of nitrogen functional groups attached to an aromatic ring is 1. The Morgan fingerprint density at radius 3 is 2.62 bits per heavy atom. The van der Waals surface area contributed by atoms with Crippen molar-refractivity contribution in [3.63, 3.8) is 0 Å². The van der Waals surface area contributed by atoms with Gasteiger partial charge in [0.15, 0.2) is 5.78 Å². The fourth-order valence-corrected chi connectivity index (χ4v) is 4.74. The number of hydrogen-bond acceptors (Lipinski definition) is 6. The van der Waals surface area contributed by atoms with Crippen LogP contribution in [0.3, 0.4) is 0 Å². The molecule has 114 valence electrons. The maximum absolute atomic E-state index is 12.3. The van der Waals surface area contributed by atoms with Crippen molar-refractivity contribution < 1.29 is 9.59 Å². The molecule has 1 aliphatic carbocycles. The van der Waals surface area contributed by atoms with E-state index in [1.54, 1.807) is 0 Å². The predicted molar refractivity (Wildman–Crippen MR) is 88.5 cm³/mol. The van der Waals surface area contributed by atoms with E-state index >= 15 is 0 Å². The number of nitrogens with two attached hydrogens (primary N) is 2. The zero-order valence-electron chi connectivity index (χ0n) is 11.8. The fraction of sp³-hybridized carbons (Fsp3) is 0.571. The molecular formula is C14H19N3O2S2. The minimum absolute atomic E-state index is 0.0791. The number of Topliss-reactive ketones (excluding diaryl/α,β-unsaturated/α-hetero) is 1. The van der Waals surface area contributed by atoms with Gasteiger partial charge >= 0.3 is 0 Å². The second-order valence-electron chi connectivity index (χ2n) is 5.48. The maximum Gasteiger partial charge on any atom is 0.253 e. The van der Waals surface area contributed by atoms with Gasteiger partial charge in [-0.2, -0.15) is 11.8 Å². The van der Waals surface area contributed by atoms with Crippen LogP contribution in [0.15, 0.2) is 0 Å². The predicted octanol–water partition coefficient (Wildman–Crippen LogP) is 1.97. The number of ketones is 1. The van der Waals surface area contributed by atoms with Crippen molar-refractivity contribution in [2.45, 2.75) is 19.3 Å². The summed E-state index contributed by atoms with van der Waals surface area (Å²) in [5.41, 5.74) is 12.2. The molecule has 3 rings (SSSR count). The van der Waals surface area contributed by atoms with Crippen molar-refractivity contribution >= 4 is 45.5 Å². The second-order valence-corrected chi connectivity index (χ2v) is 7.70. The van der Waals surface area contributed by atoms with Gasteiger partial charge in [-0.05, 0) is 25.0 Å². The number of thiophene rings is 1. The molecular weight excluding hydrogens is 306 g/mol. The first-order valence-electron chi connectivity index (χ1n) is 7.18. The Kier molecular flexibility index (Phi) is 4.12. The van der Waals surface area contributed by atoms with E-state index in [0.717, 1.165) is 48.9 Å². The molecule has 21 heavy (non-hydrogen) atoms. The Bertz CT molecular complexity index is 573. The van der Waals surface area contributed by atoms with Gasteiger partial charge in [0.2, 0.25) is 0 Å². The van der Waals surface area contributed by atoms with Crippen LogP contribution < -0.4 is 16.4 Å². The van der Waals surface area contributed by atoms with E-state index in [9.17, 15) is 9.59 Å². The molecule has 1 saturated carbocycles. The number of nitrogens with zero attached hydrogens (tertiary/aromatic N) is 1. The Morgan fingerprint density at radius 1 is 1.19 bits per heavy atom. The molecule has 0 unspecified atom stereocenters. The summed E-state index contributed by atoms with van der Waals surface area (Å²) < 4.78 is 0. The molecule has 1 aromatic rings. The standard InChI is InChI=1S/C14H19N3O2S2/c15-10-9(13(16)19)14(17-4-1-6-20-7-5-17)21-12(10)11(18)8-2-3-8/h8H,1-7,15H2,(H2,16,19). The van der Waals surface area contributed by atoms with Gasteiger partial charge in [-0.15, -0.1) is 11.3 Å². The zero-order valence-corrected chi connectivity index (χ0v) is 13.4. The second kappa shape index (κ2) is 5.88. The van der Waals surface area contributed by atoms with Gasteiger partial charge in [0.1, 0.15) is 5.00 Å². The van der Waals surface area contributed by atoms with Crippen molar-refractivity contribution in [3.8, 4) is 0 Å². The summed E-state index contributed by atoms with van der Waals surface area (Å²) in [5, 5.41) is 0.784. The highest BCUT2D eigenvalue weighted by Crippen LogP contribution is 2.43. The number of thioether (sulfide) groups is 1. The Morgan fingerprint density at radius 2 is 1.95 bits per heavy atom. The molecule has 1 aliphatic heterocycles. The molecule has 5 nitrogen and oxygen atoms in total. The third-order valence-electron chi connectivity index (χ3n) is 3.85. The summed E-state index contributed by atoms with van der Waals surface area (Å²) in [6, 6.07) is 0. The first-order valence-corrected chi connectivity index (χ1v) is 9.15. The van der Waals surface area contributed by atoms with Crippen LogP contribution in [0.5, 0.6) is 0 Å². The first kappa shape index (κ1) is 14.7. The lowest BCUT2D eigenvalue weighted by Crippen LogP contribution is -2.27. The number of carbonyl (C=O) groups is 2. The zero-order chi connectivity index (χ0) is 15.0. The number of amides is 1. The monoisotopic (exact) mass is 325 g/mol. The molecule has 2 heterocycles. The van der Waals surface area contributed by atoms with E-state index in [1.165, 1.54) is 11.3 Å². The molecule has 1 aromatic heterocycles. The number of rotatable bonds is 4. The molecule has 2 fully saturated rings. The first-order chi connectivity index (χ1) is 10.1. The van der Waals surface area contributed by atoms with E-state index in [4.69, 9.17) is 11.5 Å². The minimum Gasteiger partial charge on any atom is -0.397 e. The van der Waals surface area contributed by atoms with Crippen molar-refractivity contribution in [2.75, 3.05) is 35.2 Å². The van der Waals surface area contributed by atoms with Gasteiger partial charge in [-0.25, -0.2) is 0 Å². The molecule has 1 saturated heterocycles. The number of anilines is 2. The third-order valence-corrected chi connectivity index (χ3v) is 6.18. The lowest BCUT2D eigenvalue weighted by molar-refractivity contribution is 0.0972. The summed E-state index contributed by atoms with van der Waals surface area (Å²) in [4.78, 5) is 26.8.